The van der Waals surface area contributed by atoms with Crippen LogP contribution in [0.25, 0.3) is 11.6 Å². The van der Waals surface area contributed by atoms with Gasteiger partial charge < -0.3 is 5.32 Å². The molecule has 2 rings (SSSR count). The van der Waals surface area contributed by atoms with E-state index in [-0.39, 0.29) is 5.41 Å². The van der Waals surface area contributed by atoms with Gasteiger partial charge in [-0.3, -0.25) is 0 Å². The first-order valence-corrected chi connectivity index (χ1v) is 7.17. The molecule has 0 atom stereocenters. The third kappa shape index (κ3) is 2.95. The molecule has 2 aromatic heterocycles. The van der Waals surface area contributed by atoms with E-state index in [4.69, 9.17) is 0 Å². The predicted octanol–water partition coefficient (Wildman–Crippen LogP) is 3.34. The normalized spacial score (nSPS) is 11.5. The minimum absolute atomic E-state index is 0.104. The summed E-state index contributed by atoms with van der Waals surface area (Å²) in [4.78, 5) is 17.7. The van der Waals surface area contributed by atoms with Gasteiger partial charge in [-0.1, -0.05) is 20.8 Å². The Kier molecular flexibility index (Phi) is 4.04. The first-order valence-electron chi connectivity index (χ1n) is 6.37. The van der Waals surface area contributed by atoms with E-state index >= 15 is 0 Å². The number of hydrogen-bond acceptors (Lipinski definition) is 5. The molecular weight excluding hydrogens is 318 g/mol. The van der Waals surface area contributed by atoms with E-state index in [9.17, 15) is 0 Å². The summed E-state index contributed by atoms with van der Waals surface area (Å²) in [5.74, 6) is 1.80. The molecule has 2 heterocycles. The first-order chi connectivity index (χ1) is 9.32. The second-order valence-corrected chi connectivity index (χ2v) is 6.44. The fourth-order valence-electron chi connectivity index (χ4n) is 1.72. The molecule has 6 heteroatoms. The van der Waals surface area contributed by atoms with Crippen molar-refractivity contribution in [3.05, 3.63) is 28.1 Å². The molecule has 0 aliphatic rings. The monoisotopic (exact) mass is 335 g/mol. The number of rotatable bonds is 2. The van der Waals surface area contributed by atoms with Gasteiger partial charge in [0.05, 0.1) is 10.2 Å². The quantitative estimate of drug-likeness (QED) is 0.911. The minimum Gasteiger partial charge on any atom is -0.372 e. The Hall–Kier alpha value is -1.56. The molecule has 0 saturated heterocycles. The summed E-state index contributed by atoms with van der Waals surface area (Å²) in [5, 5.41) is 3.08. The Morgan fingerprint density at radius 3 is 2.15 bits per heavy atom. The van der Waals surface area contributed by atoms with E-state index in [1.54, 1.807) is 12.4 Å². The van der Waals surface area contributed by atoms with Crippen LogP contribution in [0, 0.1) is 6.92 Å². The van der Waals surface area contributed by atoms with Crippen molar-refractivity contribution >= 4 is 21.7 Å². The topological polar surface area (TPSA) is 63.6 Å². The van der Waals surface area contributed by atoms with E-state index < -0.39 is 0 Å². The highest BCUT2D eigenvalue weighted by Crippen LogP contribution is 2.33. The summed E-state index contributed by atoms with van der Waals surface area (Å²) in [6, 6.07) is 0. The van der Waals surface area contributed by atoms with Gasteiger partial charge in [0.25, 0.3) is 0 Å². The lowest BCUT2D eigenvalue weighted by Crippen LogP contribution is -2.17. The Morgan fingerprint density at radius 1 is 1.05 bits per heavy atom. The van der Waals surface area contributed by atoms with Crippen LogP contribution < -0.4 is 5.32 Å². The number of nitrogens with zero attached hydrogens (tertiary/aromatic N) is 4. The highest BCUT2D eigenvalue weighted by Gasteiger charge is 2.23. The molecule has 20 heavy (non-hydrogen) atoms. The van der Waals surface area contributed by atoms with Gasteiger partial charge in [-0.2, -0.15) is 0 Å². The van der Waals surface area contributed by atoms with E-state index in [0.29, 0.717) is 11.6 Å². The predicted molar refractivity (Wildman–Crippen MR) is 83.7 cm³/mol. The van der Waals surface area contributed by atoms with Crippen molar-refractivity contribution in [1.82, 2.24) is 19.9 Å². The molecule has 0 fully saturated rings. The number of anilines is 1. The van der Waals surface area contributed by atoms with Crippen LogP contribution in [0.15, 0.2) is 16.9 Å². The van der Waals surface area contributed by atoms with Gasteiger partial charge in [-0.05, 0) is 28.4 Å². The molecule has 0 aromatic carbocycles. The van der Waals surface area contributed by atoms with Crippen molar-refractivity contribution in [2.45, 2.75) is 33.1 Å². The molecule has 0 aliphatic carbocycles. The average Bonchev–Trinajstić information content (AvgIpc) is 2.38. The largest absolute Gasteiger partial charge is 0.372 e. The van der Waals surface area contributed by atoms with E-state index in [2.05, 4.69) is 62.0 Å². The lowest BCUT2D eigenvalue weighted by Gasteiger charge is -2.21. The standard InChI is InChI=1S/C14H18BrN5/c1-8-6-17-12(18-7-8)13-19-10(14(2,3)4)9(15)11(16-5)20-13/h6-7H,1-5H3,(H,16,19,20). The van der Waals surface area contributed by atoms with Crippen LogP contribution in [0.4, 0.5) is 5.82 Å². The zero-order valence-electron chi connectivity index (χ0n) is 12.3. The molecule has 0 spiro atoms. The average molecular weight is 336 g/mol. The van der Waals surface area contributed by atoms with Crippen LogP contribution in [0.3, 0.4) is 0 Å². The van der Waals surface area contributed by atoms with E-state index in [1.165, 1.54) is 0 Å². The van der Waals surface area contributed by atoms with Gasteiger partial charge in [-0.15, -0.1) is 0 Å². The lowest BCUT2D eigenvalue weighted by atomic mass is 9.92. The van der Waals surface area contributed by atoms with Crippen molar-refractivity contribution in [1.29, 1.82) is 0 Å². The Bertz CT molecular complexity index is 617. The molecule has 0 aliphatic heterocycles. The Labute approximate surface area is 127 Å². The highest BCUT2D eigenvalue weighted by molar-refractivity contribution is 9.10. The molecule has 0 saturated carbocycles. The molecule has 1 N–H and O–H groups in total. The number of halogens is 1. The van der Waals surface area contributed by atoms with E-state index in [1.807, 2.05) is 14.0 Å². The summed E-state index contributed by atoms with van der Waals surface area (Å²) < 4.78 is 0.878. The molecular formula is C14H18BrN5. The third-order valence-electron chi connectivity index (χ3n) is 2.78. The van der Waals surface area contributed by atoms with Crippen LogP contribution in [-0.4, -0.2) is 27.0 Å². The smallest absolute Gasteiger partial charge is 0.200 e. The van der Waals surface area contributed by atoms with Gasteiger partial charge in [0.2, 0.25) is 0 Å². The first kappa shape index (κ1) is 14.8. The summed E-state index contributed by atoms with van der Waals surface area (Å²) in [5.41, 5.74) is 1.83. The summed E-state index contributed by atoms with van der Waals surface area (Å²) in [6.07, 6.45) is 3.53. The number of hydrogen-bond donors (Lipinski definition) is 1. The zero-order valence-corrected chi connectivity index (χ0v) is 13.9. The number of aromatic nitrogens is 4. The Balaban J connectivity index is 2.63. The van der Waals surface area contributed by atoms with Gasteiger partial charge in [0.1, 0.15) is 5.82 Å². The molecule has 0 unspecified atom stereocenters. The van der Waals surface area contributed by atoms with Gasteiger partial charge in [0.15, 0.2) is 11.6 Å². The van der Waals surface area contributed by atoms with Crippen molar-refractivity contribution in [3.8, 4) is 11.6 Å². The number of nitrogens with one attached hydrogen (secondary N) is 1. The molecule has 5 nitrogen and oxygen atoms in total. The molecule has 0 amide bonds. The van der Waals surface area contributed by atoms with Crippen molar-refractivity contribution in [3.63, 3.8) is 0 Å². The van der Waals surface area contributed by atoms with Crippen LogP contribution in [-0.2, 0) is 5.41 Å². The summed E-state index contributed by atoms with van der Waals surface area (Å²) in [7, 11) is 1.83. The van der Waals surface area contributed by atoms with Crippen molar-refractivity contribution in [2.75, 3.05) is 12.4 Å². The van der Waals surface area contributed by atoms with Crippen LogP contribution >= 0.6 is 15.9 Å². The highest BCUT2D eigenvalue weighted by atomic mass is 79.9. The van der Waals surface area contributed by atoms with Gasteiger partial charge >= 0.3 is 0 Å². The maximum absolute atomic E-state index is 4.63. The van der Waals surface area contributed by atoms with Crippen LogP contribution in [0.1, 0.15) is 32.0 Å². The molecule has 106 valence electrons. The van der Waals surface area contributed by atoms with Gasteiger partial charge in [0, 0.05) is 24.9 Å². The second-order valence-electron chi connectivity index (χ2n) is 5.64. The fourth-order valence-corrected chi connectivity index (χ4v) is 2.69. The van der Waals surface area contributed by atoms with E-state index in [0.717, 1.165) is 21.5 Å². The third-order valence-corrected chi connectivity index (χ3v) is 3.53. The summed E-state index contributed by atoms with van der Waals surface area (Å²) in [6.45, 7) is 8.28. The SMILES string of the molecule is CNc1nc(-c2ncc(C)cn2)nc(C(C)(C)C)c1Br. The number of aryl methyl sites for hydroxylation is 1. The summed E-state index contributed by atoms with van der Waals surface area (Å²) >= 11 is 3.57. The van der Waals surface area contributed by atoms with Crippen LogP contribution in [0.2, 0.25) is 0 Å². The molecule has 0 radical (unpaired) electrons. The lowest BCUT2D eigenvalue weighted by molar-refractivity contribution is 0.564. The van der Waals surface area contributed by atoms with Gasteiger partial charge in [-0.25, -0.2) is 19.9 Å². The molecule has 2 aromatic rings. The fraction of sp³-hybridized carbons (Fsp3) is 0.429. The second kappa shape index (κ2) is 5.44. The molecule has 0 bridgehead atoms. The van der Waals surface area contributed by atoms with Crippen molar-refractivity contribution < 1.29 is 0 Å². The maximum Gasteiger partial charge on any atom is 0.200 e. The maximum atomic E-state index is 4.63. The minimum atomic E-state index is -0.104. The Morgan fingerprint density at radius 2 is 1.65 bits per heavy atom. The van der Waals surface area contributed by atoms with Crippen LogP contribution in [0.5, 0.6) is 0 Å². The van der Waals surface area contributed by atoms with Crippen molar-refractivity contribution in [2.24, 2.45) is 0 Å². The zero-order chi connectivity index (χ0) is 14.9.